The van der Waals surface area contributed by atoms with E-state index < -0.39 is 5.41 Å². The Morgan fingerprint density at radius 3 is 1.76 bits per heavy atom. The molecular weight excluding hydrogens is 661 g/mol. The van der Waals surface area contributed by atoms with Crippen LogP contribution in [0.25, 0.3) is 49.4 Å². The molecule has 0 N–H and O–H groups in total. The number of fused-ring (bicyclic) bond motifs is 7. The molecule has 0 spiro atoms. The molecule has 1 aliphatic rings. The van der Waals surface area contributed by atoms with E-state index >= 15 is 0 Å². The second-order valence-corrected chi connectivity index (χ2v) is 14.0. The van der Waals surface area contributed by atoms with Gasteiger partial charge in [-0.05, 0) is 89.0 Å². The summed E-state index contributed by atoms with van der Waals surface area (Å²) >= 11 is 0. The molecule has 0 radical (unpaired) electrons. The fourth-order valence-corrected chi connectivity index (χ4v) is 8.99. The average Bonchev–Trinajstić information content (AvgIpc) is 3.57. The van der Waals surface area contributed by atoms with E-state index in [4.69, 9.17) is 4.42 Å². The number of hydrogen-bond donors (Lipinski definition) is 0. The van der Waals surface area contributed by atoms with Crippen LogP contribution in [0.15, 0.2) is 203 Å². The summed E-state index contributed by atoms with van der Waals surface area (Å²) in [6.07, 6.45) is 0. The van der Waals surface area contributed by atoms with Crippen molar-refractivity contribution in [3.05, 3.63) is 227 Å². The maximum atomic E-state index is 13.6. The van der Waals surface area contributed by atoms with Crippen LogP contribution in [-0.2, 0) is 5.41 Å². The van der Waals surface area contributed by atoms with Crippen molar-refractivity contribution in [1.29, 1.82) is 0 Å². The van der Waals surface area contributed by atoms with Gasteiger partial charge in [0.15, 0.2) is 0 Å². The third kappa shape index (κ3) is 4.22. The highest BCUT2D eigenvalue weighted by Crippen LogP contribution is 2.58. The number of nitrogens with zero attached hydrogens (tertiary/aromatic N) is 2. The van der Waals surface area contributed by atoms with Crippen molar-refractivity contribution < 1.29 is 4.42 Å². The van der Waals surface area contributed by atoms with Gasteiger partial charge in [-0.15, -0.1) is 0 Å². The van der Waals surface area contributed by atoms with Crippen molar-refractivity contribution in [2.45, 2.75) is 5.41 Å². The molecule has 10 aromatic rings. The van der Waals surface area contributed by atoms with E-state index in [9.17, 15) is 4.79 Å². The molecule has 0 atom stereocenters. The van der Waals surface area contributed by atoms with Crippen LogP contribution in [0, 0.1) is 0 Å². The summed E-state index contributed by atoms with van der Waals surface area (Å²) in [5, 5.41) is 3.57. The lowest BCUT2D eigenvalue weighted by atomic mass is 9.62. The summed E-state index contributed by atoms with van der Waals surface area (Å²) < 4.78 is 8.77. The van der Waals surface area contributed by atoms with Crippen LogP contribution in [0.3, 0.4) is 0 Å². The molecule has 1 aliphatic heterocycles. The monoisotopic (exact) mass is 692 g/mol. The van der Waals surface area contributed by atoms with E-state index in [1.807, 2.05) is 42.5 Å². The van der Waals surface area contributed by atoms with Crippen molar-refractivity contribution in [3.8, 4) is 5.69 Å². The predicted molar refractivity (Wildman–Crippen MR) is 221 cm³/mol. The van der Waals surface area contributed by atoms with Gasteiger partial charge in [0.2, 0.25) is 5.43 Å². The van der Waals surface area contributed by atoms with Crippen molar-refractivity contribution in [1.82, 2.24) is 4.57 Å². The fourth-order valence-electron chi connectivity index (χ4n) is 8.99. The molecule has 54 heavy (non-hydrogen) atoms. The zero-order valence-corrected chi connectivity index (χ0v) is 29.2. The zero-order valence-electron chi connectivity index (χ0n) is 29.2. The van der Waals surface area contributed by atoms with E-state index in [2.05, 4.69) is 161 Å². The summed E-state index contributed by atoms with van der Waals surface area (Å²) in [6.45, 7) is 0. The van der Waals surface area contributed by atoms with Gasteiger partial charge in [-0.1, -0.05) is 121 Å². The molecule has 4 nitrogen and oxygen atoms in total. The number of hydrogen-bond acceptors (Lipinski definition) is 3. The van der Waals surface area contributed by atoms with Crippen LogP contribution in [0.5, 0.6) is 0 Å². The lowest BCUT2D eigenvalue weighted by Crippen LogP contribution is -2.37. The summed E-state index contributed by atoms with van der Waals surface area (Å²) in [4.78, 5) is 15.9. The highest BCUT2D eigenvalue weighted by molar-refractivity contribution is 6.10. The Hall–Kier alpha value is -7.17. The normalized spacial score (nSPS) is 13.4. The number of para-hydroxylation sites is 5. The Balaban J connectivity index is 1.21. The molecule has 2 aromatic heterocycles. The number of rotatable bonds is 4. The van der Waals surface area contributed by atoms with Crippen molar-refractivity contribution in [2.75, 3.05) is 4.90 Å². The first-order chi connectivity index (χ1) is 26.7. The number of benzene rings is 8. The first-order valence-corrected chi connectivity index (χ1v) is 18.3. The highest BCUT2D eigenvalue weighted by Gasteiger charge is 2.46. The largest absolute Gasteiger partial charge is 0.456 e. The Morgan fingerprint density at radius 1 is 0.407 bits per heavy atom. The Labute approximate surface area is 311 Å². The molecular formula is C50H32N2O2. The summed E-state index contributed by atoms with van der Waals surface area (Å²) in [7, 11) is 0. The van der Waals surface area contributed by atoms with E-state index in [0.717, 1.165) is 22.7 Å². The first-order valence-electron chi connectivity index (χ1n) is 18.3. The molecule has 11 rings (SSSR count). The quantitative estimate of drug-likeness (QED) is 0.172. The van der Waals surface area contributed by atoms with Crippen LogP contribution >= 0.6 is 0 Å². The molecule has 0 amide bonds. The van der Waals surface area contributed by atoms with Crippen LogP contribution < -0.4 is 10.3 Å². The molecule has 3 heterocycles. The van der Waals surface area contributed by atoms with Crippen LogP contribution in [0.2, 0.25) is 0 Å². The van der Waals surface area contributed by atoms with Crippen LogP contribution in [-0.4, -0.2) is 4.57 Å². The molecule has 254 valence electrons. The lowest BCUT2D eigenvalue weighted by molar-refractivity contribution is 0.660. The van der Waals surface area contributed by atoms with Gasteiger partial charge in [0.1, 0.15) is 11.2 Å². The molecule has 0 fully saturated rings. The molecule has 0 aliphatic carbocycles. The van der Waals surface area contributed by atoms with E-state index in [0.29, 0.717) is 21.9 Å². The lowest BCUT2D eigenvalue weighted by Gasteiger charge is -2.46. The van der Waals surface area contributed by atoms with Gasteiger partial charge in [-0.3, -0.25) is 4.79 Å². The zero-order chi connectivity index (χ0) is 35.8. The van der Waals surface area contributed by atoms with Gasteiger partial charge in [-0.25, -0.2) is 0 Å². The Morgan fingerprint density at radius 2 is 1.00 bits per heavy atom. The van der Waals surface area contributed by atoms with E-state index in [-0.39, 0.29) is 5.43 Å². The van der Waals surface area contributed by atoms with E-state index in [1.165, 1.54) is 44.1 Å². The van der Waals surface area contributed by atoms with Crippen LogP contribution in [0.1, 0.15) is 22.3 Å². The number of aromatic nitrogens is 1. The van der Waals surface area contributed by atoms with Crippen molar-refractivity contribution >= 4 is 60.8 Å². The number of anilines is 3. The topological polar surface area (TPSA) is 38.4 Å². The molecule has 0 bridgehead atoms. The molecule has 0 unspecified atom stereocenters. The maximum Gasteiger partial charge on any atom is 0.200 e. The van der Waals surface area contributed by atoms with Crippen molar-refractivity contribution in [3.63, 3.8) is 0 Å². The molecule has 0 saturated heterocycles. The second-order valence-electron chi connectivity index (χ2n) is 14.0. The SMILES string of the molecule is O=c1c2ccccc2oc2cc(N3c4ccccc4C(c4ccccc4)(c4ccc5c(c4)c4ccccc4n5-c4ccccc4)c4ccccc43)ccc12. The molecule has 0 saturated carbocycles. The standard InChI is InChI=1S/C50H32N2O2/c53-49-38-20-8-14-26-47(38)54-48-32-36(28-29-39(48)49)52-45-24-12-9-21-41(45)50(33-15-3-1-4-16-33,42-22-10-13-25-46(42)52)34-27-30-44-40(31-34)37-19-7-11-23-43(37)51(44)35-17-5-2-6-18-35/h1-32H. The Bertz CT molecular complexity index is 3090. The van der Waals surface area contributed by atoms with E-state index in [1.54, 1.807) is 0 Å². The minimum absolute atomic E-state index is 0.0232. The van der Waals surface area contributed by atoms with Gasteiger partial charge in [0.25, 0.3) is 0 Å². The summed E-state index contributed by atoms with van der Waals surface area (Å²) in [6, 6.07) is 68.2. The van der Waals surface area contributed by atoms with Gasteiger partial charge in [0, 0.05) is 28.2 Å². The molecule has 8 aromatic carbocycles. The second kappa shape index (κ2) is 11.7. The van der Waals surface area contributed by atoms with Gasteiger partial charge < -0.3 is 13.9 Å². The average molecular weight is 693 g/mol. The molecule has 4 heteroatoms. The first kappa shape index (κ1) is 30.5. The van der Waals surface area contributed by atoms with Gasteiger partial charge in [-0.2, -0.15) is 0 Å². The maximum absolute atomic E-state index is 13.6. The fraction of sp³-hybridized carbons (Fsp3) is 0.0200. The smallest absolute Gasteiger partial charge is 0.200 e. The van der Waals surface area contributed by atoms with Crippen LogP contribution in [0.4, 0.5) is 17.1 Å². The summed E-state index contributed by atoms with van der Waals surface area (Å²) in [5.41, 5.74) is 11.7. The van der Waals surface area contributed by atoms with Gasteiger partial charge >= 0.3 is 0 Å². The van der Waals surface area contributed by atoms with Gasteiger partial charge in [0.05, 0.1) is 38.6 Å². The summed E-state index contributed by atoms with van der Waals surface area (Å²) in [5.74, 6) is 0. The third-order valence-electron chi connectivity index (χ3n) is 11.2. The minimum Gasteiger partial charge on any atom is -0.456 e. The predicted octanol–water partition coefficient (Wildman–Crippen LogP) is 12.2. The third-order valence-corrected chi connectivity index (χ3v) is 11.2. The van der Waals surface area contributed by atoms with Crippen molar-refractivity contribution in [2.24, 2.45) is 0 Å². The Kier molecular flexibility index (Phi) is 6.58. The minimum atomic E-state index is -0.658. The highest BCUT2D eigenvalue weighted by atomic mass is 16.3.